The van der Waals surface area contributed by atoms with E-state index in [4.69, 9.17) is 4.74 Å². The fourth-order valence-corrected chi connectivity index (χ4v) is 4.20. The van der Waals surface area contributed by atoms with Crippen LogP contribution in [0.1, 0.15) is 19.8 Å². The zero-order valence-electron chi connectivity index (χ0n) is 16.5. The fraction of sp³-hybridized carbons (Fsp3) is 0.550. The van der Waals surface area contributed by atoms with Gasteiger partial charge in [0.1, 0.15) is 12.3 Å². The maximum atomic E-state index is 13.0. The van der Waals surface area contributed by atoms with Gasteiger partial charge in [0.25, 0.3) is 5.91 Å². The van der Waals surface area contributed by atoms with Gasteiger partial charge >= 0.3 is 0 Å². The average molecular weight is 423 g/mol. The number of fused-ring (bicyclic) bond motifs is 1. The number of hydrogen-bond donors (Lipinski definition) is 1. The molecule has 3 heterocycles. The minimum atomic E-state index is -0.615. The molecule has 0 aliphatic carbocycles. The van der Waals surface area contributed by atoms with E-state index in [1.807, 2.05) is 23.1 Å². The quantitative estimate of drug-likeness (QED) is 0.773. The summed E-state index contributed by atoms with van der Waals surface area (Å²) < 4.78 is 5.64. The van der Waals surface area contributed by atoms with E-state index in [1.165, 1.54) is 4.90 Å². The van der Waals surface area contributed by atoms with Crippen LogP contribution in [0.25, 0.3) is 0 Å². The SMILES string of the molecule is CC1Oc2ccccc2N(CC(=O)N2CCCC(N3CCNCC3=O)C2)C1=O.Cl. The second-order valence-corrected chi connectivity index (χ2v) is 7.55. The molecule has 8 nitrogen and oxygen atoms in total. The number of anilines is 1. The van der Waals surface area contributed by atoms with Gasteiger partial charge in [-0.3, -0.25) is 19.3 Å². The number of hydrogen-bond acceptors (Lipinski definition) is 5. The summed E-state index contributed by atoms with van der Waals surface area (Å²) in [6, 6.07) is 7.34. The van der Waals surface area contributed by atoms with Gasteiger partial charge in [0.2, 0.25) is 11.8 Å². The lowest BCUT2D eigenvalue weighted by molar-refractivity contribution is -0.140. The van der Waals surface area contributed by atoms with Gasteiger partial charge in [0.05, 0.1) is 12.2 Å². The molecular formula is C20H27ClN4O4. The number of benzene rings is 1. The van der Waals surface area contributed by atoms with Crippen LogP contribution >= 0.6 is 12.4 Å². The smallest absolute Gasteiger partial charge is 0.268 e. The zero-order chi connectivity index (χ0) is 19.7. The normalized spacial score (nSPS) is 24.5. The van der Waals surface area contributed by atoms with Crippen LogP contribution in [0.2, 0.25) is 0 Å². The highest BCUT2D eigenvalue weighted by atomic mass is 35.5. The Labute approximate surface area is 176 Å². The number of carbonyl (C=O) groups excluding carboxylic acids is 3. The standard InChI is InChI=1S/C20H26N4O4.ClH/c1-14-20(27)24(16-6-2-3-7-17(16)28-14)13-19(26)22-9-4-5-15(12-22)23-10-8-21-11-18(23)25;/h2-3,6-7,14-15,21H,4-5,8-13H2,1H3;1H. The molecule has 2 fully saturated rings. The average Bonchev–Trinajstić information content (AvgIpc) is 2.71. The number of rotatable bonds is 3. The number of para-hydroxylation sites is 2. The van der Waals surface area contributed by atoms with Crippen LogP contribution in [0.15, 0.2) is 24.3 Å². The number of carbonyl (C=O) groups is 3. The second kappa shape index (κ2) is 9.00. The summed E-state index contributed by atoms with van der Waals surface area (Å²) in [6.07, 6.45) is 1.15. The first-order valence-electron chi connectivity index (χ1n) is 9.89. The lowest BCUT2D eigenvalue weighted by Gasteiger charge is -2.41. The highest BCUT2D eigenvalue weighted by Crippen LogP contribution is 2.33. The number of piperidine rings is 1. The second-order valence-electron chi connectivity index (χ2n) is 7.55. The van der Waals surface area contributed by atoms with Gasteiger partial charge in [-0.1, -0.05) is 12.1 Å². The molecule has 29 heavy (non-hydrogen) atoms. The summed E-state index contributed by atoms with van der Waals surface area (Å²) in [7, 11) is 0. The molecule has 0 aromatic heterocycles. The zero-order valence-corrected chi connectivity index (χ0v) is 17.3. The molecule has 2 atom stereocenters. The van der Waals surface area contributed by atoms with Crippen molar-refractivity contribution >= 4 is 35.8 Å². The van der Waals surface area contributed by atoms with Crippen LogP contribution < -0.4 is 15.0 Å². The molecule has 4 rings (SSSR count). The summed E-state index contributed by atoms with van der Waals surface area (Å²) >= 11 is 0. The van der Waals surface area contributed by atoms with Crippen molar-refractivity contribution in [3.63, 3.8) is 0 Å². The third-order valence-electron chi connectivity index (χ3n) is 5.68. The van der Waals surface area contributed by atoms with Gasteiger partial charge in [0.15, 0.2) is 6.10 Å². The third kappa shape index (κ3) is 4.33. The summed E-state index contributed by atoms with van der Waals surface area (Å²) in [5.74, 6) is 0.407. The van der Waals surface area contributed by atoms with E-state index in [-0.39, 0.29) is 42.7 Å². The Morgan fingerprint density at radius 1 is 1.24 bits per heavy atom. The Morgan fingerprint density at radius 2 is 2.03 bits per heavy atom. The summed E-state index contributed by atoms with van der Waals surface area (Å²) in [5, 5.41) is 3.08. The van der Waals surface area contributed by atoms with Crippen molar-refractivity contribution in [2.45, 2.75) is 31.9 Å². The molecule has 3 amide bonds. The van der Waals surface area contributed by atoms with Crippen LogP contribution in [0.3, 0.4) is 0 Å². The van der Waals surface area contributed by atoms with E-state index in [0.29, 0.717) is 37.6 Å². The first kappa shape index (κ1) is 21.4. The minimum absolute atomic E-state index is 0. The fourth-order valence-electron chi connectivity index (χ4n) is 4.20. The van der Waals surface area contributed by atoms with Gasteiger partial charge in [-0.15, -0.1) is 12.4 Å². The van der Waals surface area contributed by atoms with Crippen molar-refractivity contribution in [2.75, 3.05) is 44.2 Å². The number of ether oxygens (including phenoxy) is 1. The van der Waals surface area contributed by atoms with Crippen LogP contribution in [-0.2, 0) is 14.4 Å². The lowest BCUT2D eigenvalue weighted by atomic mass is 10.0. The van der Waals surface area contributed by atoms with Crippen molar-refractivity contribution in [1.82, 2.24) is 15.1 Å². The van der Waals surface area contributed by atoms with Crippen molar-refractivity contribution < 1.29 is 19.1 Å². The van der Waals surface area contributed by atoms with Crippen LogP contribution in [0.5, 0.6) is 5.75 Å². The number of halogens is 1. The van der Waals surface area contributed by atoms with Gasteiger partial charge in [-0.2, -0.15) is 0 Å². The maximum absolute atomic E-state index is 13.0. The number of nitrogens with one attached hydrogen (secondary N) is 1. The minimum Gasteiger partial charge on any atom is -0.479 e. The largest absolute Gasteiger partial charge is 0.479 e. The van der Waals surface area contributed by atoms with E-state index >= 15 is 0 Å². The molecule has 9 heteroatoms. The highest BCUT2D eigenvalue weighted by molar-refractivity contribution is 6.03. The maximum Gasteiger partial charge on any atom is 0.268 e. The van der Waals surface area contributed by atoms with E-state index in [9.17, 15) is 14.4 Å². The lowest BCUT2D eigenvalue weighted by Crippen LogP contribution is -2.58. The van der Waals surface area contributed by atoms with E-state index in [2.05, 4.69) is 5.32 Å². The Hall–Kier alpha value is -2.32. The third-order valence-corrected chi connectivity index (χ3v) is 5.68. The molecule has 0 spiro atoms. The Bertz CT molecular complexity index is 789. The van der Waals surface area contributed by atoms with E-state index in [0.717, 1.165) is 19.4 Å². The molecule has 1 aromatic rings. The number of nitrogens with zero attached hydrogens (tertiary/aromatic N) is 3. The molecule has 3 aliphatic rings. The molecule has 1 aromatic carbocycles. The molecule has 1 N–H and O–H groups in total. The first-order valence-corrected chi connectivity index (χ1v) is 9.89. The Balaban J connectivity index is 0.00000240. The monoisotopic (exact) mass is 422 g/mol. The van der Waals surface area contributed by atoms with Crippen LogP contribution in [-0.4, -0.2) is 78.9 Å². The topological polar surface area (TPSA) is 82.2 Å². The van der Waals surface area contributed by atoms with Gasteiger partial charge in [0, 0.05) is 32.2 Å². The van der Waals surface area contributed by atoms with Crippen molar-refractivity contribution in [3.05, 3.63) is 24.3 Å². The summed E-state index contributed by atoms with van der Waals surface area (Å²) in [6.45, 7) is 4.70. The van der Waals surface area contributed by atoms with Gasteiger partial charge < -0.3 is 19.9 Å². The molecular weight excluding hydrogens is 396 g/mol. The van der Waals surface area contributed by atoms with Crippen molar-refractivity contribution in [2.24, 2.45) is 0 Å². The number of amides is 3. The predicted octanol–water partition coefficient (Wildman–Crippen LogP) is 0.645. The Kier molecular flexibility index (Phi) is 6.64. The number of piperazine rings is 1. The highest BCUT2D eigenvalue weighted by Gasteiger charge is 2.36. The molecule has 158 valence electrons. The molecule has 0 bridgehead atoms. The van der Waals surface area contributed by atoms with Crippen molar-refractivity contribution in [1.29, 1.82) is 0 Å². The molecule has 0 saturated carbocycles. The molecule has 2 unspecified atom stereocenters. The van der Waals surface area contributed by atoms with E-state index < -0.39 is 6.10 Å². The summed E-state index contributed by atoms with van der Waals surface area (Å²) in [4.78, 5) is 43.0. The van der Waals surface area contributed by atoms with Crippen molar-refractivity contribution in [3.8, 4) is 5.75 Å². The number of likely N-dealkylation sites (tertiary alicyclic amines) is 1. The Morgan fingerprint density at radius 3 is 2.83 bits per heavy atom. The molecule has 3 aliphatic heterocycles. The molecule has 0 radical (unpaired) electrons. The van der Waals surface area contributed by atoms with Crippen LogP contribution in [0.4, 0.5) is 5.69 Å². The van der Waals surface area contributed by atoms with E-state index in [1.54, 1.807) is 17.9 Å². The molecule has 2 saturated heterocycles. The van der Waals surface area contributed by atoms with Gasteiger partial charge in [-0.25, -0.2) is 0 Å². The predicted molar refractivity (Wildman–Crippen MR) is 110 cm³/mol. The summed E-state index contributed by atoms with van der Waals surface area (Å²) in [5.41, 5.74) is 0.629. The van der Waals surface area contributed by atoms with Gasteiger partial charge in [-0.05, 0) is 31.9 Å². The first-order chi connectivity index (χ1) is 13.5. The van der Waals surface area contributed by atoms with Crippen LogP contribution in [0, 0.1) is 0 Å².